The van der Waals surface area contributed by atoms with Gasteiger partial charge >= 0.3 is 0 Å². The molecular weight excluding hydrogens is 216 g/mol. The van der Waals surface area contributed by atoms with Crippen LogP contribution in [0.3, 0.4) is 0 Å². The summed E-state index contributed by atoms with van der Waals surface area (Å²) in [6, 6.07) is 0. The highest BCUT2D eigenvalue weighted by Crippen LogP contribution is 2.10. The fourth-order valence-electron chi connectivity index (χ4n) is 1.79. The minimum Gasteiger partial charge on any atom is -0.359 e. The predicted molar refractivity (Wildman–Crippen MR) is 67.7 cm³/mol. The van der Waals surface area contributed by atoms with E-state index in [1.807, 2.05) is 18.7 Å². The lowest BCUT2D eigenvalue weighted by Gasteiger charge is -2.05. The average Bonchev–Trinajstić information content (AvgIpc) is 2.54. The molecule has 0 spiro atoms. The summed E-state index contributed by atoms with van der Waals surface area (Å²) in [4.78, 5) is 11.0. The molecule has 17 heavy (non-hydrogen) atoms. The van der Waals surface area contributed by atoms with Crippen LogP contribution in [0.5, 0.6) is 0 Å². The van der Waals surface area contributed by atoms with Gasteiger partial charge in [-0.3, -0.25) is 9.48 Å². The van der Waals surface area contributed by atoms with Crippen molar-refractivity contribution >= 4 is 5.91 Å². The van der Waals surface area contributed by atoms with E-state index < -0.39 is 0 Å². The topological polar surface area (TPSA) is 59.0 Å². The Labute approximate surface area is 103 Å². The molecule has 0 unspecified atom stereocenters. The standard InChI is InChI=1S/C12H22N4O/c1-9-11(10(2)16(4)15-9)8-14-7-5-6-12(17)13-3/h14H,5-8H2,1-4H3,(H,13,17). The Balaban J connectivity index is 2.29. The van der Waals surface area contributed by atoms with E-state index in [2.05, 4.69) is 22.7 Å². The van der Waals surface area contributed by atoms with Crippen molar-refractivity contribution in [2.24, 2.45) is 7.05 Å². The monoisotopic (exact) mass is 238 g/mol. The maximum Gasteiger partial charge on any atom is 0.219 e. The largest absolute Gasteiger partial charge is 0.359 e. The summed E-state index contributed by atoms with van der Waals surface area (Å²) in [6.45, 7) is 5.76. The summed E-state index contributed by atoms with van der Waals surface area (Å²) in [5, 5.41) is 10.3. The number of carbonyl (C=O) groups is 1. The molecule has 0 saturated carbocycles. The molecule has 0 aromatic carbocycles. The van der Waals surface area contributed by atoms with Crippen LogP contribution in [0.4, 0.5) is 0 Å². The Morgan fingerprint density at radius 2 is 2.12 bits per heavy atom. The fourth-order valence-corrected chi connectivity index (χ4v) is 1.79. The first-order chi connectivity index (χ1) is 8.06. The number of aryl methyl sites for hydroxylation is 2. The second-order valence-corrected chi connectivity index (χ2v) is 4.23. The van der Waals surface area contributed by atoms with Crippen LogP contribution in [0.2, 0.25) is 0 Å². The van der Waals surface area contributed by atoms with Gasteiger partial charge < -0.3 is 10.6 Å². The Bertz CT molecular complexity index is 384. The van der Waals surface area contributed by atoms with Crippen molar-refractivity contribution in [2.75, 3.05) is 13.6 Å². The van der Waals surface area contributed by atoms with Crippen molar-refractivity contribution in [2.45, 2.75) is 33.2 Å². The maximum absolute atomic E-state index is 11.0. The Morgan fingerprint density at radius 3 is 2.65 bits per heavy atom. The number of carbonyl (C=O) groups excluding carboxylic acids is 1. The van der Waals surface area contributed by atoms with Gasteiger partial charge in [0.1, 0.15) is 0 Å². The van der Waals surface area contributed by atoms with Crippen LogP contribution in [0.15, 0.2) is 0 Å². The minimum atomic E-state index is 0.0977. The second kappa shape index (κ2) is 6.39. The zero-order chi connectivity index (χ0) is 12.8. The van der Waals surface area contributed by atoms with Gasteiger partial charge in [-0.25, -0.2) is 0 Å². The first-order valence-corrected chi connectivity index (χ1v) is 5.96. The molecule has 5 heteroatoms. The van der Waals surface area contributed by atoms with Crippen LogP contribution in [-0.2, 0) is 18.4 Å². The van der Waals surface area contributed by atoms with E-state index >= 15 is 0 Å². The highest BCUT2D eigenvalue weighted by atomic mass is 16.1. The number of hydrogen-bond donors (Lipinski definition) is 2. The maximum atomic E-state index is 11.0. The Morgan fingerprint density at radius 1 is 1.41 bits per heavy atom. The number of nitrogens with one attached hydrogen (secondary N) is 2. The van der Waals surface area contributed by atoms with E-state index in [0.29, 0.717) is 6.42 Å². The van der Waals surface area contributed by atoms with Crippen LogP contribution in [0.1, 0.15) is 29.8 Å². The molecule has 0 fully saturated rings. The lowest BCUT2D eigenvalue weighted by Crippen LogP contribution is -2.21. The Kier molecular flexibility index (Phi) is 5.15. The number of rotatable bonds is 6. The van der Waals surface area contributed by atoms with E-state index in [0.717, 1.165) is 25.2 Å². The van der Waals surface area contributed by atoms with Crippen LogP contribution >= 0.6 is 0 Å². The van der Waals surface area contributed by atoms with Gasteiger partial charge in [0.25, 0.3) is 0 Å². The van der Waals surface area contributed by atoms with Crippen LogP contribution in [0, 0.1) is 13.8 Å². The summed E-state index contributed by atoms with van der Waals surface area (Å²) in [5.41, 5.74) is 3.53. The molecule has 0 saturated heterocycles. The van der Waals surface area contributed by atoms with E-state index in [1.54, 1.807) is 7.05 Å². The van der Waals surface area contributed by atoms with Crippen molar-refractivity contribution in [1.29, 1.82) is 0 Å². The van der Waals surface area contributed by atoms with Gasteiger partial charge in [-0.2, -0.15) is 5.10 Å². The second-order valence-electron chi connectivity index (χ2n) is 4.23. The van der Waals surface area contributed by atoms with Gasteiger partial charge in [0.15, 0.2) is 0 Å². The van der Waals surface area contributed by atoms with Crippen molar-refractivity contribution < 1.29 is 4.79 Å². The van der Waals surface area contributed by atoms with Gasteiger partial charge in [-0.05, 0) is 26.8 Å². The smallest absolute Gasteiger partial charge is 0.219 e. The highest BCUT2D eigenvalue weighted by molar-refractivity contribution is 5.75. The molecular formula is C12H22N4O. The van der Waals surface area contributed by atoms with Crippen LogP contribution in [-0.4, -0.2) is 29.3 Å². The number of aromatic nitrogens is 2. The Hall–Kier alpha value is -1.36. The van der Waals surface area contributed by atoms with Crippen molar-refractivity contribution in [3.8, 4) is 0 Å². The molecule has 0 radical (unpaired) electrons. The summed E-state index contributed by atoms with van der Waals surface area (Å²) in [6.07, 6.45) is 1.44. The number of hydrogen-bond acceptors (Lipinski definition) is 3. The normalized spacial score (nSPS) is 10.6. The van der Waals surface area contributed by atoms with E-state index in [9.17, 15) is 4.79 Å². The van der Waals surface area contributed by atoms with E-state index in [-0.39, 0.29) is 5.91 Å². The molecule has 2 N–H and O–H groups in total. The molecule has 96 valence electrons. The van der Waals surface area contributed by atoms with Gasteiger partial charge in [0.2, 0.25) is 5.91 Å². The third kappa shape index (κ3) is 3.85. The molecule has 1 aromatic rings. The molecule has 1 heterocycles. The summed E-state index contributed by atoms with van der Waals surface area (Å²) >= 11 is 0. The number of amides is 1. The minimum absolute atomic E-state index is 0.0977. The summed E-state index contributed by atoms with van der Waals surface area (Å²) in [7, 11) is 3.62. The fraction of sp³-hybridized carbons (Fsp3) is 0.667. The molecule has 1 rings (SSSR count). The van der Waals surface area contributed by atoms with Crippen LogP contribution < -0.4 is 10.6 Å². The molecule has 1 amide bonds. The SMILES string of the molecule is CNC(=O)CCCNCc1c(C)nn(C)c1C. The van der Waals surface area contributed by atoms with Crippen molar-refractivity contribution in [1.82, 2.24) is 20.4 Å². The van der Waals surface area contributed by atoms with Gasteiger partial charge in [-0.15, -0.1) is 0 Å². The van der Waals surface area contributed by atoms with Crippen molar-refractivity contribution in [3.05, 3.63) is 17.0 Å². The third-order valence-electron chi connectivity index (χ3n) is 3.00. The van der Waals surface area contributed by atoms with Gasteiger partial charge in [0, 0.05) is 38.3 Å². The highest BCUT2D eigenvalue weighted by Gasteiger charge is 2.08. The quantitative estimate of drug-likeness (QED) is 0.716. The molecule has 0 aliphatic heterocycles. The molecule has 0 bridgehead atoms. The third-order valence-corrected chi connectivity index (χ3v) is 3.00. The predicted octanol–water partition coefficient (Wildman–Crippen LogP) is 0.653. The zero-order valence-electron chi connectivity index (χ0n) is 11.1. The zero-order valence-corrected chi connectivity index (χ0v) is 11.1. The lowest BCUT2D eigenvalue weighted by molar-refractivity contribution is -0.120. The van der Waals surface area contributed by atoms with E-state index in [4.69, 9.17) is 0 Å². The summed E-state index contributed by atoms with van der Waals surface area (Å²) in [5.74, 6) is 0.0977. The van der Waals surface area contributed by atoms with Gasteiger partial charge in [0.05, 0.1) is 5.69 Å². The molecule has 0 atom stereocenters. The summed E-state index contributed by atoms with van der Waals surface area (Å²) < 4.78 is 1.90. The van der Waals surface area contributed by atoms with Gasteiger partial charge in [-0.1, -0.05) is 0 Å². The lowest BCUT2D eigenvalue weighted by atomic mass is 10.2. The number of nitrogens with zero attached hydrogens (tertiary/aromatic N) is 2. The first kappa shape index (κ1) is 13.7. The molecule has 5 nitrogen and oxygen atoms in total. The first-order valence-electron chi connectivity index (χ1n) is 5.96. The molecule has 1 aromatic heterocycles. The average molecular weight is 238 g/mol. The van der Waals surface area contributed by atoms with E-state index in [1.165, 1.54) is 11.3 Å². The molecule has 0 aliphatic carbocycles. The molecule has 0 aliphatic rings. The van der Waals surface area contributed by atoms with Crippen LogP contribution in [0.25, 0.3) is 0 Å². The van der Waals surface area contributed by atoms with Crippen molar-refractivity contribution in [3.63, 3.8) is 0 Å².